The number of thiophene rings is 1. The highest BCUT2D eigenvalue weighted by molar-refractivity contribution is 7.88. The smallest absolute Gasteiger partial charge is 0.211 e. The normalized spacial score (nSPS) is 16.6. The third-order valence-electron chi connectivity index (χ3n) is 4.30. The Morgan fingerprint density at radius 2 is 2.08 bits per heavy atom. The molecule has 1 aliphatic heterocycles. The molecule has 0 atom stereocenters. The summed E-state index contributed by atoms with van der Waals surface area (Å²) < 4.78 is 24.7. The minimum Gasteiger partial charge on any atom is -0.360 e. The van der Waals surface area contributed by atoms with E-state index >= 15 is 0 Å². The van der Waals surface area contributed by atoms with Crippen LogP contribution >= 0.6 is 11.3 Å². The van der Waals surface area contributed by atoms with E-state index in [0.29, 0.717) is 19.6 Å². The van der Waals surface area contributed by atoms with Gasteiger partial charge >= 0.3 is 0 Å². The van der Waals surface area contributed by atoms with Crippen molar-refractivity contribution in [2.75, 3.05) is 64.0 Å². The first-order chi connectivity index (χ1) is 12.0. The van der Waals surface area contributed by atoms with Gasteiger partial charge in [0.1, 0.15) is 0 Å². The first-order valence-corrected chi connectivity index (χ1v) is 11.4. The molecule has 1 aromatic rings. The number of piperazine rings is 1. The summed E-state index contributed by atoms with van der Waals surface area (Å²) in [5.74, 6) is 0.897. The van der Waals surface area contributed by atoms with E-state index in [-0.39, 0.29) is 0 Å². The lowest BCUT2D eigenvalue weighted by molar-refractivity contribution is 0.370. The van der Waals surface area contributed by atoms with Crippen LogP contribution in [0.3, 0.4) is 0 Å². The third kappa shape index (κ3) is 5.86. The second kappa shape index (κ2) is 9.40. The van der Waals surface area contributed by atoms with Gasteiger partial charge in [0.25, 0.3) is 0 Å². The molecule has 0 amide bonds. The summed E-state index contributed by atoms with van der Waals surface area (Å²) in [7, 11) is -1.31. The van der Waals surface area contributed by atoms with Gasteiger partial charge in [-0.1, -0.05) is 6.92 Å². The van der Waals surface area contributed by atoms with E-state index in [0.717, 1.165) is 38.6 Å². The zero-order chi connectivity index (χ0) is 18.3. The zero-order valence-electron chi connectivity index (χ0n) is 15.3. The van der Waals surface area contributed by atoms with Gasteiger partial charge in [0.15, 0.2) is 5.96 Å². The van der Waals surface area contributed by atoms with Crippen LogP contribution in [0.2, 0.25) is 0 Å². The van der Waals surface area contributed by atoms with Crippen LogP contribution in [0.1, 0.15) is 13.3 Å². The fourth-order valence-electron chi connectivity index (χ4n) is 2.93. The Kier molecular flexibility index (Phi) is 7.52. The molecule has 7 nitrogen and oxygen atoms in total. The van der Waals surface area contributed by atoms with E-state index in [9.17, 15) is 8.42 Å². The Morgan fingerprint density at radius 1 is 1.36 bits per heavy atom. The van der Waals surface area contributed by atoms with Gasteiger partial charge in [0.2, 0.25) is 10.0 Å². The number of nitrogens with zero attached hydrogens (tertiary/aromatic N) is 4. The highest BCUT2D eigenvalue weighted by atomic mass is 32.2. The second-order valence-corrected chi connectivity index (χ2v) is 8.92. The Morgan fingerprint density at radius 3 is 2.60 bits per heavy atom. The summed E-state index contributed by atoms with van der Waals surface area (Å²) in [4.78, 5) is 9.03. The number of nitrogens with one attached hydrogen (secondary N) is 1. The number of anilines is 1. The molecule has 1 fully saturated rings. The number of aliphatic imine (C=N–C) groups is 1. The van der Waals surface area contributed by atoms with E-state index < -0.39 is 10.0 Å². The predicted octanol–water partition coefficient (Wildman–Crippen LogP) is 1.12. The summed E-state index contributed by atoms with van der Waals surface area (Å²) in [6.07, 6.45) is 2.02. The number of hydrogen-bond acceptors (Lipinski definition) is 5. The average Bonchev–Trinajstić information content (AvgIpc) is 3.12. The molecule has 1 aromatic heterocycles. The summed E-state index contributed by atoms with van der Waals surface area (Å²) in [6, 6.07) is 4.25. The number of hydrogen-bond donors (Lipinski definition) is 1. The molecule has 1 aliphatic rings. The van der Waals surface area contributed by atoms with Gasteiger partial charge in [0.05, 0.1) is 11.3 Å². The van der Waals surface area contributed by atoms with Crippen molar-refractivity contribution in [2.24, 2.45) is 4.99 Å². The maximum atomic E-state index is 11.6. The lowest BCUT2D eigenvalue weighted by atomic mass is 10.3. The lowest BCUT2D eigenvalue weighted by Gasteiger charge is -2.37. The summed E-state index contributed by atoms with van der Waals surface area (Å²) in [5, 5.41) is 6.79. The Balaban J connectivity index is 1.74. The van der Waals surface area contributed by atoms with E-state index in [1.807, 2.05) is 6.92 Å². The average molecular weight is 388 g/mol. The van der Waals surface area contributed by atoms with Crippen molar-refractivity contribution in [3.05, 3.63) is 17.5 Å². The number of guanidine groups is 1. The molecule has 0 saturated carbocycles. The first-order valence-electron chi connectivity index (χ1n) is 8.65. The van der Waals surface area contributed by atoms with E-state index in [2.05, 4.69) is 37.6 Å². The number of sulfonamides is 1. The van der Waals surface area contributed by atoms with Gasteiger partial charge in [0, 0.05) is 52.9 Å². The Labute approximate surface area is 155 Å². The van der Waals surface area contributed by atoms with Crippen LogP contribution < -0.4 is 10.2 Å². The fourth-order valence-corrected chi connectivity index (χ4v) is 4.65. The largest absolute Gasteiger partial charge is 0.360 e. The van der Waals surface area contributed by atoms with Gasteiger partial charge in [-0.05, 0) is 23.9 Å². The van der Waals surface area contributed by atoms with Crippen molar-refractivity contribution >= 4 is 32.3 Å². The van der Waals surface area contributed by atoms with Crippen molar-refractivity contribution in [2.45, 2.75) is 13.3 Å². The zero-order valence-corrected chi connectivity index (χ0v) is 16.9. The highest BCUT2D eigenvalue weighted by Crippen LogP contribution is 2.22. The summed E-state index contributed by atoms with van der Waals surface area (Å²) in [6.45, 7) is 7.45. The van der Waals surface area contributed by atoms with Crippen LogP contribution in [0.5, 0.6) is 0 Å². The van der Waals surface area contributed by atoms with Crippen LogP contribution in [0.4, 0.5) is 5.00 Å². The summed E-state index contributed by atoms with van der Waals surface area (Å²) in [5.41, 5.74) is 0. The van der Waals surface area contributed by atoms with Crippen LogP contribution in [0, 0.1) is 0 Å². The quantitative estimate of drug-likeness (QED) is 0.431. The molecule has 0 aromatic carbocycles. The van der Waals surface area contributed by atoms with Crippen molar-refractivity contribution in [1.29, 1.82) is 0 Å². The highest BCUT2D eigenvalue weighted by Gasteiger charge is 2.20. The minimum absolute atomic E-state index is 0.512. The van der Waals surface area contributed by atoms with Gasteiger partial charge < -0.3 is 15.1 Å². The van der Waals surface area contributed by atoms with Crippen LogP contribution in [0.25, 0.3) is 0 Å². The fraction of sp³-hybridized carbons (Fsp3) is 0.688. The molecular formula is C16H29N5O2S2. The molecule has 1 saturated heterocycles. The summed E-state index contributed by atoms with van der Waals surface area (Å²) >= 11 is 1.78. The van der Waals surface area contributed by atoms with Gasteiger partial charge in [-0.25, -0.2) is 12.7 Å². The molecule has 9 heteroatoms. The van der Waals surface area contributed by atoms with Gasteiger partial charge in [-0.2, -0.15) is 0 Å². The molecule has 0 unspecified atom stereocenters. The second-order valence-electron chi connectivity index (χ2n) is 6.01. The molecule has 0 radical (unpaired) electrons. The number of rotatable bonds is 7. The Hall–Kier alpha value is -1.32. The third-order valence-corrected chi connectivity index (χ3v) is 6.61. The van der Waals surface area contributed by atoms with Crippen molar-refractivity contribution < 1.29 is 8.42 Å². The predicted molar refractivity (Wildman–Crippen MR) is 106 cm³/mol. The van der Waals surface area contributed by atoms with E-state index in [4.69, 9.17) is 0 Å². The molecule has 25 heavy (non-hydrogen) atoms. The molecule has 2 rings (SSSR count). The van der Waals surface area contributed by atoms with E-state index in [1.54, 1.807) is 18.4 Å². The Bertz CT molecular complexity index is 637. The van der Waals surface area contributed by atoms with E-state index in [1.165, 1.54) is 15.6 Å². The molecule has 0 aliphatic carbocycles. The molecular weight excluding hydrogens is 358 g/mol. The van der Waals surface area contributed by atoms with Crippen LogP contribution in [-0.4, -0.2) is 82.7 Å². The van der Waals surface area contributed by atoms with Crippen molar-refractivity contribution in [3.8, 4) is 0 Å². The SMILES string of the molecule is CCN(CCCNC(=NC)N1CCN(c2cccs2)CC1)S(C)(=O)=O. The lowest BCUT2D eigenvalue weighted by Crippen LogP contribution is -2.52. The molecule has 142 valence electrons. The molecule has 0 spiro atoms. The molecule has 2 heterocycles. The maximum Gasteiger partial charge on any atom is 0.211 e. The van der Waals surface area contributed by atoms with Crippen molar-refractivity contribution in [1.82, 2.24) is 14.5 Å². The standard InChI is InChI=1S/C16H29N5O2S2/c1-4-21(25(3,22)23)9-6-8-18-16(17-2)20-12-10-19(11-13-20)15-7-5-14-24-15/h5,7,14H,4,6,8-13H2,1-3H3,(H,17,18). The molecule has 0 bridgehead atoms. The van der Waals surface area contributed by atoms with Crippen LogP contribution in [0.15, 0.2) is 22.5 Å². The van der Waals surface area contributed by atoms with Gasteiger partial charge in [-0.15, -0.1) is 11.3 Å². The molecule has 1 N–H and O–H groups in total. The minimum atomic E-state index is -3.11. The topological polar surface area (TPSA) is 68.2 Å². The maximum absolute atomic E-state index is 11.6. The monoisotopic (exact) mass is 387 g/mol. The van der Waals surface area contributed by atoms with Gasteiger partial charge in [-0.3, -0.25) is 4.99 Å². The first kappa shape index (κ1) is 20.0. The van der Waals surface area contributed by atoms with Crippen LogP contribution in [-0.2, 0) is 10.0 Å². The van der Waals surface area contributed by atoms with Crippen molar-refractivity contribution in [3.63, 3.8) is 0 Å².